The molecule has 2 aromatic rings. The molecule has 0 amide bonds. The van der Waals surface area contributed by atoms with Gasteiger partial charge < -0.3 is 0 Å². The largest absolute Gasteiger partial charge is 0.294 e. The normalized spacial score (nSPS) is 10.5. The van der Waals surface area contributed by atoms with Gasteiger partial charge in [0.25, 0.3) is 0 Å². The van der Waals surface area contributed by atoms with Crippen LogP contribution in [0.1, 0.15) is 20.8 Å². The van der Waals surface area contributed by atoms with Gasteiger partial charge in [0.05, 0.1) is 3.79 Å². The van der Waals surface area contributed by atoms with E-state index in [4.69, 9.17) is 0 Å². The molecule has 1 aromatic heterocycles. The Kier molecular flexibility index (Phi) is 3.74. The highest BCUT2D eigenvalue weighted by Gasteiger charge is 2.11. The van der Waals surface area contributed by atoms with Crippen molar-refractivity contribution in [2.45, 2.75) is 13.3 Å². The van der Waals surface area contributed by atoms with Crippen molar-refractivity contribution in [3.8, 4) is 0 Å². The lowest BCUT2D eigenvalue weighted by Gasteiger charge is -2.03. The van der Waals surface area contributed by atoms with Crippen molar-refractivity contribution >= 4 is 33.0 Å². The number of rotatable bonds is 3. The van der Waals surface area contributed by atoms with Crippen LogP contribution in [0.4, 0.5) is 4.39 Å². The number of carbonyl (C=O) groups excluding carboxylic acids is 1. The molecule has 0 aliphatic heterocycles. The molecule has 0 radical (unpaired) electrons. The zero-order chi connectivity index (χ0) is 12.4. The molecule has 0 bridgehead atoms. The molecule has 0 unspecified atom stereocenters. The smallest absolute Gasteiger partial charge is 0.168 e. The van der Waals surface area contributed by atoms with Crippen LogP contribution in [0.25, 0.3) is 0 Å². The van der Waals surface area contributed by atoms with E-state index in [1.54, 1.807) is 24.3 Å². The molecule has 0 fully saturated rings. The van der Waals surface area contributed by atoms with Gasteiger partial charge in [-0.3, -0.25) is 4.79 Å². The first kappa shape index (κ1) is 12.5. The van der Waals surface area contributed by atoms with E-state index in [9.17, 15) is 9.18 Å². The average molecular weight is 313 g/mol. The minimum absolute atomic E-state index is 0.0249. The fraction of sp³-hybridized carbons (Fsp3) is 0.154. The fourth-order valence-corrected chi connectivity index (χ4v) is 3.12. The van der Waals surface area contributed by atoms with Crippen molar-refractivity contribution in [3.05, 3.63) is 55.9 Å². The first-order valence-electron chi connectivity index (χ1n) is 5.10. The molecular formula is C13H10BrFOS. The zero-order valence-electron chi connectivity index (χ0n) is 9.17. The summed E-state index contributed by atoms with van der Waals surface area (Å²) in [6.45, 7) is 1.75. The lowest BCUT2D eigenvalue weighted by atomic mass is 10.0. The molecule has 0 N–H and O–H groups in total. The van der Waals surface area contributed by atoms with Crippen molar-refractivity contribution in [2.75, 3.05) is 0 Å². The Morgan fingerprint density at radius 1 is 1.35 bits per heavy atom. The molecular weight excluding hydrogens is 303 g/mol. The Morgan fingerprint density at radius 3 is 2.71 bits per heavy atom. The molecule has 4 heteroatoms. The Hall–Kier alpha value is -1.000. The van der Waals surface area contributed by atoms with E-state index in [0.717, 1.165) is 8.66 Å². The first-order chi connectivity index (χ1) is 8.06. The number of hydrogen-bond donors (Lipinski definition) is 0. The molecule has 0 spiro atoms. The standard InChI is InChI=1S/C13H10BrFOS/c1-8-6-9(15)2-4-11(8)12(16)7-10-3-5-13(14)17-10/h2-6H,7H2,1H3. The second-order valence-electron chi connectivity index (χ2n) is 3.77. The maximum Gasteiger partial charge on any atom is 0.168 e. The maximum absolute atomic E-state index is 12.9. The quantitative estimate of drug-likeness (QED) is 0.768. The van der Waals surface area contributed by atoms with Gasteiger partial charge in [0.2, 0.25) is 0 Å². The van der Waals surface area contributed by atoms with Crippen LogP contribution in [0.3, 0.4) is 0 Å². The van der Waals surface area contributed by atoms with E-state index in [-0.39, 0.29) is 11.6 Å². The number of aryl methyl sites for hydroxylation is 1. The van der Waals surface area contributed by atoms with Crippen LogP contribution in [0, 0.1) is 12.7 Å². The minimum Gasteiger partial charge on any atom is -0.294 e. The third kappa shape index (κ3) is 3.01. The van der Waals surface area contributed by atoms with E-state index in [1.807, 2.05) is 12.1 Å². The third-order valence-electron chi connectivity index (χ3n) is 2.45. The Morgan fingerprint density at radius 2 is 2.12 bits per heavy atom. The third-order valence-corrected chi connectivity index (χ3v) is 4.08. The topological polar surface area (TPSA) is 17.1 Å². The predicted molar refractivity (Wildman–Crippen MR) is 71.2 cm³/mol. The van der Waals surface area contributed by atoms with Crippen LogP contribution in [-0.4, -0.2) is 5.78 Å². The van der Waals surface area contributed by atoms with Gasteiger partial charge in [0, 0.05) is 16.9 Å². The number of hydrogen-bond acceptors (Lipinski definition) is 2. The maximum atomic E-state index is 12.9. The summed E-state index contributed by atoms with van der Waals surface area (Å²) in [6.07, 6.45) is 0.364. The number of carbonyl (C=O) groups is 1. The number of Topliss-reactive ketones (excluding diaryl/α,β-unsaturated/α-hetero) is 1. The molecule has 0 aliphatic carbocycles. The summed E-state index contributed by atoms with van der Waals surface area (Å²) in [5, 5.41) is 0. The number of thiophene rings is 1. The molecule has 0 aliphatic rings. The van der Waals surface area contributed by atoms with Crippen LogP contribution < -0.4 is 0 Å². The molecule has 0 saturated heterocycles. The summed E-state index contributed by atoms with van der Waals surface area (Å²) in [4.78, 5) is 13.0. The van der Waals surface area contributed by atoms with E-state index in [1.165, 1.54) is 12.1 Å². The van der Waals surface area contributed by atoms with Crippen molar-refractivity contribution in [1.29, 1.82) is 0 Å². The fourth-order valence-electron chi connectivity index (χ4n) is 1.64. The summed E-state index contributed by atoms with van der Waals surface area (Å²) >= 11 is 4.90. The van der Waals surface area contributed by atoms with Crippen LogP contribution in [0.15, 0.2) is 34.1 Å². The van der Waals surface area contributed by atoms with Gasteiger partial charge >= 0.3 is 0 Å². The molecule has 1 aromatic carbocycles. The van der Waals surface area contributed by atoms with Crippen molar-refractivity contribution in [2.24, 2.45) is 0 Å². The number of halogens is 2. The van der Waals surface area contributed by atoms with E-state index < -0.39 is 0 Å². The Balaban J connectivity index is 2.20. The highest BCUT2D eigenvalue weighted by molar-refractivity contribution is 9.11. The van der Waals surface area contributed by atoms with Crippen LogP contribution in [0.2, 0.25) is 0 Å². The van der Waals surface area contributed by atoms with Crippen LogP contribution >= 0.6 is 27.3 Å². The average Bonchev–Trinajstić information content (AvgIpc) is 2.63. The summed E-state index contributed by atoms with van der Waals surface area (Å²) in [5.74, 6) is -0.283. The van der Waals surface area contributed by atoms with Crippen molar-refractivity contribution in [3.63, 3.8) is 0 Å². The number of benzene rings is 1. The van der Waals surface area contributed by atoms with Gasteiger partial charge in [-0.05, 0) is 58.7 Å². The highest BCUT2D eigenvalue weighted by atomic mass is 79.9. The second-order valence-corrected chi connectivity index (χ2v) is 6.31. The Bertz CT molecular complexity index is 562. The molecule has 1 heterocycles. The zero-order valence-corrected chi connectivity index (χ0v) is 11.6. The first-order valence-corrected chi connectivity index (χ1v) is 6.71. The molecule has 0 saturated carbocycles. The van der Waals surface area contributed by atoms with Crippen molar-refractivity contribution < 1.29 is 9.18 Å². The summed E-state index contributed by atoms with van der Waals surface area (Å²) in [6, 6.07) is 8.11. The summed E-state index contributed by atoms with van der Waals surface area (Å²) in [5.41, 5.74) is 1.28. The SMILES string of the molecule is Cc1cc(F)ccc1C(=O)Cc1ccc(Br)s1. The highest BCUT2D eigenvalue weighted by Crippen LogP contribution is 2.24. The van der Waals surface area contributed by atoms with Gasteiger partial charge in [-0.15, -0.1) is 11.3 Å². The van der Waals surface area contributed by atoms with Crippen LogP contribution in [0.5, 0.6) is 0 Å². The van der Waals surface area contributed by atoms with Crippen molar-refractivity contribution in [1.82, 2.24) is 0 Å². The molecule has 17 heavy (non-hydrogen) atoms. The molecule has 0 atom stereocenters. The predicted octanol–water partition coefficient (Wildman–Crippen LogP) is 4.38. The van der Waals surface area contributed by atoms with Gasteiger partial charge in [0.1, 0.15) is 5.82 Å². The number of ketones is 1. The van der Waals surface area contributed by atoms with E-state index >= 15 is 0 Å². The Labute approximate surface area is 111 Å². The van der Waals surface area contributed by atoms with Crippen LogP contribution in [-0.2, 0) is 6.42 Å². The van der Waals surface area contributed by atoms with E-state index in [0.29, 0.717) is 17.5 Å². The minimum atomic E-state index is -0.307. The van der Waals surface area contributed by atoms with Gasteiger partial charge in [-0.25, -0.2) is 4.39 Å². The summed E-state index contributed by atoms with van der Waals surface area (Å²) in [7, 11) is 0. The molecule has 88 valence electrons. The second kappa shape index (κ2) is 5.10. The lowest BCUT2D eigenvalue weighted by molar-refractivity contribution is 0.0993. The molecule has 2 rings (SSSR count). The van der Waals surface area contributed by atoms with Gasteiger partial charge in [-0.2, -0.15) is 0 Å². The van der Waals surface area contributed by atoms with E-state index in [2.05, 4.69) is 15.9 Å². The van der Waals surface area contributed by atoms with Gasteiger partial charge in [0.15, 0.2) is 5.78 Å². The van der Waals surface area contributed by atoms with Gasteiger partial charge in [-0.1, -0.05) is 0 Å². The lowest BCUT2D eigenvalue weighted by Crippen LogP contribution is -2.04. The monoisotopic (exact) mass is 312 g/mol. The summed E-state index contributed by atoms with van der Waals surface area (Å²) < 4.78 is 13.9. The molecule has 1 nitrogen and oxygen atoms in total.